The predicted octanol–water partition coefficient (Wildman–Crippen LogP) is 3.54. The van der Waals surface area contributed by atoms with E-state index in [1.807, 2.05) is 0 Å². The first kappa shape index (κ1) is 18.9. The Bertz CT molecular complexity index is 1030. The van der Waals surface area contributed by atoms with E-state index in [1.165, 1.54) is 6.07 Å². The summed E-state index contributed by atoms with van der Waals surface area (Å²) in [5.41, 5.74) is 0.177. The zero-order valence-electron chi connectivity index (χ0n) is 14.1. The van der Waals surface area contributed by atoms with Crippen LogP contribution >= 0.6 is 0 Å². The molecule has 0 aliphatic carbocycles. The van der Waals surface area contributed by atoms with Crippen LogP contribution in [-0.2, 0) is 22.0 Å². The molecule has 0 amide bonds. The van der Waals surface area contributed by atoms with Crippen molar-refractivity contribution in [3.8, 4) is 5.82 Å². The third kappa shape index (κ3) is 4.64. The largest absolute Gasteiger partial charge is 0.417 e. The molecule has 0 atom stereocenters. The second kappa shape index (κ2) is 7.03. The number of nitrogens with one attached hydrogen (secondary N) is 1. The van der Waals surface area contributed by atoms with E-state index >= 15 is 0 Å². The lowest BCUT2D eigenvalue weighted by Crippen LogP contribution is -2.18. The highest BCUT2D eigenvalue weighted by atomic mass is 32.2. The number of benzene rings is 1. The van der Waals surface area contributed by atoms with E-state index in [4.69, 9.17) is 0 Å². The number of hydrogen-bond acceptors (Lipinski definition) is 4. The number of halogens is 3. The Balaban J connectivity index is 1.88. The number of hydrogen-bond donors (Lipinski definition) is 1. The second-order valence-electron chi connectivity index (χ2n) is 5.83. The summed E-state index contributed by atoms with van der Waals surface area (Å²) in [6.45, 7) is 1.63. The molecule has 0 spiro atoms. The molecule has 0 saturated heterocycles. The van der Waals surface area contributed by atoms with Crippen molar-refractivity contribution in [1.82, 2.24) is 14.8 Å². The predicted molar refractivity (Wildman–Crippen MR) is 93.8 cm³/mol. The van der Waals surface area contributed by atoms with Crippen LogP contribution in [0.4, 0.5) is 19.0 Å². The van der Waals surface area contributed by atoms with Gasteiger partial charge in [-0.05, 0) is 24.6 Å². The minimum absolute atomic E-state index is 0.0634. The summed E-state index contributed by atoms with van der Waals surface area (Å²) in [7, 11) is -3.75. The van der Waals surface area contributed by atoms with Crippen molar-refractivity contribution in [2.45, 2.75) is 18.9 Å². The molecule has 0 saturated carbocycles. The van der Waals surface area contributed by atoms with Crippen molar-refractivity contribution in [3.05, 3.63) is 71.5 Å². The minimum atomic E-state index is -4.51. The molecule has 2 heterocycles. The number of nitrogens with zero attached hydrogens (tertiary/aromatic N) is 3. The number of sulfonamides is 1. The molecule has 0 fully saturated rings. The maximum absolute atomic E-state index is 12.7. The van der Waals surface area contributed by atoms with Crippen LogP contribution < -0.4 is 4.72 Å². The lowest BCUT2D eigenvalue weighted by atomic mass is 10.2. The minimum Gasteiger partial charge on any atom is -0.267 e. The van der Waals surface area contributed by atoms with Crippen molar-refractivity contribution in [1.29, 1.82) is 0 Å². The summed E-state index contributed by atoms with van der Waals surface area (Å²) in [4.78, 5) is 3.75. The molecular formula is C17H15F3N4O2S. The zero-order chi connectivity index (χ0) is 19.7. The van der Waals surface area contributed by atoms with Crippen molar-refractivity contribution in [3.63, 3.8) is 0 Å². The Morgan fingerprint density at radius 1 is 1.11 bits per heavy atom. The lowest BCUT2D eigenvalue weighted by Gasteiger charge is -2.11. The van der Waals surface area contributed by atoms with Gasteiger partial charge < -0.3 is 0 Å². The fraction of sp³-hybridized carbons (Fsp3) is 0.176. The first-order valence-corrected chi connectivity index (χ1v) is 9.44. The molecule has 0 radical (unpaired) electrons. The molecule has 1 aromatic carbocycles. The molecule has 10 heteroatoms. The number of alkyl halides is 3. The van der Waals surface area contributed by atoms with Crippen LogP contribution in [-0.4, -0.2) is 23.2 Å². The van der Waals surface area contributed by atoms with Gasteiger partial charge in [0, 0.05) is 12.3 Å². The summed E-state index contributed by atoms with van der Waals surface area (Å²) in [6, 6.07) is 12.1. The van der Waals surface area contributed by atoms with Gasteiger partial charge in [0.05, 0.1) is 17.0 Å². The SMILES string of the molecule is Cc1cc(NS(=O)(=O)Cc2ccccc2)n(-c2ccc(C(F)(F)F)cn2)n1. The van der Waals surface area contributed by atoms with Crippen LogP contribution in [0.15, 0.2) is 54.7 Å². The third-order valence-corrected chi connectivity index (χ3v) is 4.82. The zero-order valence-corrected chi connectivity index (χ0v) is 14.9. The molecule has 2 aromatic heterocycles. The molecule has 3 aromatic rings. The van der Waals surface area contributed by atoms with Gasteiger partial charge in [-0.25, -0.2) is 13.4 Å². The van der Waals surface area contributed by atoms with Crippen LogP contribution in [0, 0.1) is 6.92 Å². The fourth-order valence-electron chi connectivity index (χ4n) is 2.41. The summed E-state index contributed by atoms with van der Waals surface area (Å²) in [5.74, 6) is -0.0948. The van der Waals surface area contributed by atoms with Gasteiger partial charge in [0.2, 0.25) is 10.0 Å². The van der Waals surface area contributed by atoms with E-state index in [9.17, 15) is 21.6 Å². The average Bonchev–Trinajstić information content (AvgIpc) is 2.94. The van der Waals surface area contributed by atoms with Crippen molar-refractivity contribution in [2.75, 3.05) is 4.72 Å². The standard InChI is InChI=1S/C17H15F3N4O2S/c1-12-9-16(23-27(25,26)11-13-5-3-2-4-6-13)24(22-12)15-8-7-14(10-21-15)17(18,19)20/h2-10,23H,11H2,1H3. The Morgan fingerprint density at radius 3 is 2.41 bits per heavy atom. The van der Waals surface area contributed by atoms with E-state index < -0.39 is 21.8 Å². The maximum atomic E-state index is 12.7. The number of pyridine rings is 1. The van der Waals surface area contributed by atoms with E-state index in [2.05, 4.69) is 14.8 Å². The van der Waals surface area contributed by atoms with Gasteiger partial charge in [-0.3, -0.25) is 4.72 Å². The van der Waals surface area contributed by atoms with Gasteiger partial charge in [-0.2, -0.15) is 23.0 Å². The summed E-state index contributed by atoms with van der Waals surface area (Å²) < 4.78 is 66.5. The second-order valence-corrected chi connectivity index (χ2v) is 7.55. The number of anilines is 1. The molecule has 1 N–H and O–H groups in total. The number of aryl methyl sites for hydroxylation is 1. The van der Waals surface area contributed by atoms with Gasteiger partial charge in [0.15, 0.2) is 5.82 Å². The number of aromatic nitrogens is 3. The summed E-state index contributed by atoms with van der Waals surface area (Å²) in [5, 5.41) is 4.11. The van der Waals surface area contributed by atoms with Crippen molar-refractivity contribution >= 4 is 15.8 Å². The molecular weight excluding hydrogens is 381 g/mol. The van der Waals surface area contributed by atoms with Gasteiger partial charge in [0.1, 0.15) is 5.82 Å². The Morgan fingerprint density at radius 2 is 1.81 bits per heavy atom. The van der Waals surface area contributed by atoms with Crippen LogP contribution in [0.25, 0.3) is 5.82 Å². The molecule has 142 valence electrons. The highest BCUT2D eigenvalue weighted by Crippen LogP contribution is 2.29. The third-order valence-electron chi connectivity index (χ3n) is 3.58. The normalized spacial score (nSPS) is 12.1. The fourth-order valence-corrected chi connectivity index (χ4v) is 3.58. The maximum Gasteiger partial charge on any atom is 0.417 e. The monoisotopic (exact) mass is 396 g/mol. The molecule has 27 heavy (non-hydrogen) atoms. The summed E-state index contributed by atoms with van der Waals surface area (Å²) >= 11 is 0. The Hall–Kier alpha value is -2.88. The first-order valence-electron chi connectivity index (χ1n) is 7.79. The van der Waals surface area contributed by atoms with Gasteiger partial charge in [-0.15, -0.1) is 0 Å². The Kier molecular flexibility index (Phi) is 4.92. The first-order chi connectivity index (χ1) is 12.6. The number of rotatable bonds is 5. The van der Waals surface area contributed by atoms with Crippen LogP contribution in [0.3, 0.4) is 0 Å². The van der Waals surface area contributed by atoms with Gasteiger partial charge >= 0.3 is 6.18 Å². The van der Waals surface area contributed by atoms with Crippen LogP contribution in [0.2, 0.25) is 0 Å². The smallest absolute Gasteiger partial charge is 0.267 e. The molecule has 3 rings (SSSR count). The van der Waals surface area contributed by atoms with Crippen molar-refractivity contribution < 1.29 is 21.6 Å². The lowest BCUT2D eigenvalue weighted by molar-refractivity contribution is -0.137. The van der Waals surface area contributed by atoms with Gasteiger partial charge in [0.25, 0.3) is 0 Å². The van der Waals surface area contributed by atoms with Crippen molar-refractivity contribution in [2.24, 2.45) is 0 Å². The Labute approximate surface area is 153 Å². The van der Waals surface area contributed by atoms with E-state index in [0.29, 0.717) is 17.5 Å². The van der Waals surface area contributed by atoms with Gasteiger partial charge in [-0.1, -0.05) is 30.3 Å². The molecule has 0 aliphatic rings. The highest BCUT2D eigenvalue weighted by molar-refractivity contribution is 7.91. The molecule has 0 unspecified atom stereocenters. The van der Waals surface area contributed by atoms with Crippen LogP contribution in [0.1, 0.15) is 16.8 Å². The summed E-state index contributed by atoms with van der Waals surface area (Å²) in [6.07, 6.45) is -3.83. The van der Waals surface area contributed by atoms with E-state index in [-0.39, 0.29) is 17.4 Å². The van der Waals surface area contributed by atoms with Crippen LogP contribution in [0.5, 0.6) is 0 Å². The highest BCUT2D eigenvalue weighted by Gasteiger charge is 2.30. The van der Waals surface area contributed by atoms with E-state index in [0.717, 1.165) is 16.8 Å². The quantitative estimate of drug-likeness (QED) is 0.716. The molecule has 0 aliphatic heterocycles. The van der Waals surface area contributed by atoms with E-state index in [1.54, 1.807) is 37.3 Å². The molecule has 6 nitrogen and oxygen atoms in total. The molecule has 0 bridgehead atoms. The average molecular weight is 396 g/mol. The topological polar surface area (TPSA) is 76.9 Å².